The number of sulfonamides is 1. The van der Waals surface area contributed by atoms with Crippen molar-refractivity contribution >= 4 is 27.5 Å². The normalized spacial score (nSPS) is 13.8. The molecule has 2 aromatic carbocycles. The fourth-order valence-electron chi connectivity index (χ4n) is 2.89. The van der Waals surface area contributed by atoms with Crippen molar-refractivity contribution in [2.45, 2.75) is 37.8 Å². The van der Waals surface area contributed by atoms with E-state index in [1.807, 2.05) is 0 Å². The second kappa shape index (κ2) is 9.20. The molecule has 0 atom stereocenters. The Labute approximate surface area is 179 Å². The van der Waals surface area contributed by atoms with E-state index in [0.717, 1.165) is 24.6 Å². The highest BCUT2D eigenvalue weighted by Gasteiger charge is 2.21. The van der Waals surface area contributed by atoms with Crippen LogP contribution in [0.5, 0.6) is 11.5 Å². The van der Waals surface area contributed by atoms with Gasteiger partial charge in [-0.25, -0.2) is 17.5 Å². The Morgan fingerprint density at radius 2 is 1.93 bits per heavy atom. The van der Waals surface area contributed by atoms with Gasteiger partial charge in [-0.15, -0.1) is 0 Å². The summed E-state index contributed by atoms with van der Waals surface area (Å²) in [6.07, 6.45) is 0.723. The Balaban J connectivity index is 1.78. The zero-order valence-electron chi connectivity index (χ0n) is 16.5. The lowest BCUT2D eigenvalue weighted by molar-refractivity contribution is 0.0946. The third-order valence-electron chi connectivity index (χ3n) is 4.20. The monoisotopic (exact) mass is 456 g/mol. The van der Waals surface area contributed by atoms with Crippen molar-refractivity contribution in [3.05, 3.63) is 52.3 Å². The third kappa shape index (κ3) is 5.21. The highest BCUT2D eigenvalue weighted by atomic mass is 35.5. The number of ether oxygens (including phenoxy) is 2. The Hall–Kier alpha value is -2.36. The number of nitrogens with one attached hydrogen (secondary N) is 2. The molecule has 2 N–H and O–H groups in total. The summed E-state index contributed by atoms with van der Waals surface area (Å²) in [6.45, 7) is 4.34. The first kappa shape index (κ1) is 22.3. The van der Waals surface area contributed by atoms with Crippen LogP contribution >= 0.6 is 11.6 Å². The van der Waals surface area contributed by atoms with E-state index in [4.69, 9.17) is 21.1 Å². The van der Waals surface area contributed by atoms with E-state index >= 15 is 0 Å². The topological polar surface area (TPSA) is 93.7 Å². The van der Waals surface area contributed by atoms with Crippen LogP contribution in [0.15, 0.2) is 35.2 Å². The molecular weight excluding hydrogens is 435 g/mol. The summed E-state index contributed by atoms with van der Waals surface area (Å²) >= 11 is 6.24. The minimum absolute atomic E-state index is 0.0376. The molecule has 1 amide bonds. The zero-order valence-corrected chi connectivity index (χ0v) is 18.1. The molecule has 0 radical (unpaired) electrons. The number of carbonyl (C=O) groups excluding carboxylic acids is 1. The number of carbonyl (C=O) groups is 1. The van der Waals surface area contributed by atoms with Gasteiger partial charge in [0.1, 0.15) is 5.82 Å². The van der Waals surface area contributed by atoms with Gasteiger partial charge in [0, 0.05) is 19.0 Å². The lowest BCUT2D eigenvalue weighted by Gasteiger charge is -2.13. The number of halogens is 2. The molecule has 2 aromatic rings. The lowest BCUT2D eigenvalue weighted by Crippen LogP contribution is -2.31. The van der Waals surface area contributed by atoms with Crippen LogP contribution in [0.4, 0.5) is 4.39 Å². The Morgan fingerprint density at radius 3 is 2.67 bits per heavy atom. The van der Waals surface area contributed by atoms with Gasteiger partial charge in [0.05, 0.1) is 28.7 Å². The number of amides is 1. The van der Waals surface area contributed by atoms with Crippen molar-refractivity contribution in [3.63, 3.8) is 0 Å². The number of fused-ring (bicyclic) bond motifs is 1. The second-order valence-electron chi connectivity index (χ2n) is 7.06. The predicted octanol–water partition coefficient (Wildman–Crippen LogP) is 3.26. The first-order valence-electron chi connectivity index (χ1n) is 9.35. The summed E-state index contributed by atoms with van der Waals surface area (Å²) in [5, 5.41) is 2.92. The first-order valence-corrected chi connectivity index (χ1v) is 11.2. The maximum Gasteiger partial charge on any atom is 0.254 e. The summed E-state index contributed by atoms with van der Waals surface area (Å²) < 4.78 is 52.4. The molecule has 0 saturated heterocycles. The van der Waals surface area contributed by atoms with Crippen LogP contribution in [0.2, 0.25) is 5.02 Å². The van der Waals surface area contributed by atoms with E-state index in [9.17, 15) is 17.6 Å². The molecule has 1 heterocycles. The molecule has 162 valence electrons. The van der Waals surface area contributed by atoms with Crippen molar-refractivity contribution in [1.29, 1.82) is 0 Å². The van der Waals surface area contributed by atoms with Gasteiger partial charge in [-0.2, -0.15) is 0 Å². The van der Waals surface area contributed by atoms with Gasteiger partial charge in [-0.1, -0.05) is 11.6 Å². The van der Waals surface area contributed by atoms with Crippen molar-refractivity contribution < 1.29 is 27.1 Å². The fourth-order valence-corrected chi connectivity index (χ4v) is 4.45. The number of benzene rings is 2. The van der Waals surface area contributed by atoms with Crippen LogP contribution in [-0.4, -0.2) is 33.6 Å². The molecule has 0 saturated carbocycles. The minimum Gasteiger partial charge on any atom is -0.489 e. The number of hydrogen-bond donors (Lipinski definition) is 2. The predicted molar refractivity (Wildman–Crippen MR) is 110 cm³/mol. The molecule has 3 rings (SSSR count). The molecule has 0 aromatic heterocycles. The highest BCUT2D eigenvalue weighted by Crippen LogP contribution is 2.38. The van der Waals surface area contributed by atoms with Gasteiger partial charge in [-0.3, -0.25) is 4.79 Å². The molecule has 1 aliphatic rings. The van der Waals surface area contributed by atoms with Crippen molar-refractivity contribution in [2.24, 2.45) is 0 Å². The van der Waals surface area contributed by atoms with Gasteiger partial charge in [-0.05, 0) is 49.7 Å². The van der Waals surface area contributed by atoms with Crippen molar-refractivity contribution in [1.82, 2.24) is 10.0 Å². The molecule has 0 bridgehead atoms. The fraction of sp³-hybridized carbons (Fsp3) is 0.350. The van der Waals surface area contributed by atoms with Crippen LogP contribution in [0, 0.1) is 5.82 Å². The summed E-state index contributed by atoms with van der Waals surface area (Å²) in [5.74, 6) is -0.654. The van der Waals surface area contributed by atoms with E-state index < -0.39 is 21.7 Å². The maximum absolute atomic E-state index is 14.2. The van der Waals surface area contributed by atoms with Crippen LogP contribution < -0.4 is 19.5 Å². The summed E-state index contributed by atoms with van der Waals surface area (Å²) in [5.41, 5.74) is 0.255. The van der Waals surface area contributed by atoms with E-state index in [2.05, 4.69) is 10.0 Å². The van der Waals surface area contributed by atoms with Crippen molar-refractivity contribution in [3.8, 4) is 11.5 Å². The van der Waals surface area contributed by atoms with Crippen LogP contribution in [0.1, 0.15) is 36.2 Å². The Bertz CT molecular complexity index is 1060. The molecule has 1 aliphatic heterocycles. The molecule has 30 heavy (non-hydrogen) atoms. The van der Waals surface area contributed by atoms with E-state index in [0.29, 0.717) is 35.3 Å². The lowest BCUT2D eigenvalue weighted by atomic mass is 10.1. The first-order chi connectivity index (χ1) is 14.2. The molecule has 7 nitrogen and oxygen atoms in total. The maximum atomic E-state index is 14.2. The van der Waals surface area contributed by atoms with Gasteiger partial charge in [0.2, 0.25) is 10.0 Å². The SMILES string of the molecule is CC(C)NS(=O)(=O)c1ccc(F)c(C(=O)NCc2cc(Cl)c3c(c2)OCCCO3)c1. The van der Waals surface area contributed by atoms with Crippen LogP contribution in [0.25, 0.3) is 0 Å². The molecule has 0 unspecified atom stereocenters. The van der Waals surface area contributed by atoms with Gasteiger partial charge >= 0.3 is 0 Å². The van der Waals surface area contributed by atoms with E-state index in [-0.39, 0.29) is 23.0 Å². The van der Waals surface area contributed by atoms with E-state index in [1.165, 1.54) is 0 Å². The van der Waals surface area contributed by atoms with E-state index in [1.54, 1.807) is 26.0 Å². The second-order valence-corrected chi connectivity index (χ2v) is 9.18. The zero-order chi connectivity index (χ0) is 21.9. The van der Waals surface area contributed by atoms with Crippen LogP contribution in [0.3, 0.4) is 0 Å². The molecular formula is C20H22ClFN2O5S. The van der Waals surface area contributed by atoms with Gasteiger partial charge < -0.3 is 14.8 Å². The van der Waals surface area contributed by atoms with Crippen molar-refractivity contribution in [2.75, 3.05) is 13.2 Å². The summed E-state index contributed by atoms with van der Waals surface area (Å²) in [7, 11) is -3.86. The average Bonchev–Trinajstić information content (AvgIpc) is 2.91. The number of hydrogen-bond acceptors (Lipinski definition) is 5. The Kier molecular flexibility index (Phi) is 6.84. The average molecular weight is 457 g/mol. The van der Waals surface area contributed by atoms with Crippen LogP contribution in [-0.2, 0) is 16.6 Å². The standard InChI is InChI=1S/C20H22ClFN2O5S/c1-12(2)24-30(26,27)14-4-5-17(22)15(10-14)20(25)23-11-13-8-16(21)19-18(9-13)28-6-3-7-29-19/h4-5,8-10,12,24H,3,6-7,11H2,1-2H3,(H,23,25). The largest absolute Gasteiger partial charge is 0.489 e. The van der Waals surface area contributed by atoms with Gasteiger partial charge in [0.25, 0.3) is 5.91 Å². The molecule has 10 heteroatoms. The summed E-state index contributed by atoms with van der Waals surface area (Å²) in [4.78, 5) is 12.3. The minimum atomic E-state index is -3.86. The number of rotatable bonds is 6. The molecule has 0 spiro atoms. The summed E-state index contributed by atoms with van der Waals surface area (Å²) in [6, 6.07) is 6.04. The highest BCUT2D eigenvalue weighted by molar-refractivity contribution is 7.89. The quantitative estimate of drug-likeness (QED) is 0.695. The smallest absolute Gasteiger partial charge is 0.254 e. The van der Waals surface area contributed by atoms with Gasteiger partial charge in [0.15, 0.2) is 11.5 Å². The third-order valence-corrected chi connectivity index (χ3v) is 6.14. The Morgan fingerprint density at radius 1 is 1.20 bits per heavy atom. The molecule has 0 fully saturated rings. The molecule has 0 aliphatic carbocycles.